The molecule has 0 aromatic heterocycles. The van der Waals surface area contributed by atoms with Gasteiger partial charge in [0.05, 0.1) is 12.2 Å². The lowest BCUT2D eigenvalue weighted by molar-refractivity contribution is -0.468. The summed E-state index contributed by atoms with van der Waals surface area (Å²) in [5.41, 5.74) is 1.05. The van der Waals surface area contributed by atoms with Crippen LogP contribution in [0.3, 0.4) is 0 Å². The van der Waals surface area contributed by atoms with E-state index >= 15 is 0 Å². The van der Waals surface area contributed by atoms with E-state index in [1.807, 2.05) is 29.6 Å². The molecule has 0 bridgehead atoms. The van der Waals surface area contributed by atoms with E-state index in [1.54, 1.807) is 0 Å². The smallest absolute Gasteiger partial charge is 0.265 e. The summed E-state index contributed by atoms with van der Waals surface area (Å²) < 4.78 is 36.0. The van der Waals surface area contributed by atoms with Crippen LogP contribution in [-0.2, 0) is 23.4 Å². The molecule has 258 valence electrons. The van der Waals surface area contributed by atoms with Crippen molar-refractivity contribution in [3.8, 4) is 0 Å². The van der Waals surface area contributed by atoms with Gasteiger partial charge < -0.3 is 23.4 Å². The minimum absolute atomic E-state index is 0.00696. The molecule has 3 heterocycles. The maximum Gasteiger partial charge on any atom is 0.265 e. The number of ether oxygens (including phenoxy) is 4. The van der Waals surface area contributed by atoms with Crippen molar-refractivity contribution in [3.05, 3.63) is 109 Å². The molecule has 6 rings (SSSR count). The van der Waals surface area contributed by atoms with Crippen LogP contribution >= 0.6 is 23.5 Å². The Hall–Kier alpha value is -2.04. The molecule has 3 aromatic rings. The molecule has 3 aliphatic heterocycles. The third-order valence-corrected chi connectivity index (χ3v) is 17.0. The van der Waals surface area contributed by atoms with Gasteiger partial charge in [-0.05, 0) is 73.6 Å². The minimum Gasteiger partial charge on any atom is -0.458 e. The predicted octanol–water partition coefficient (Wildman–Crippen LogP) is 10.8. The number of fused-ring (bicyclic) bond motifs is 1. The Kier molecular flexibility index (Phi) is 11.2. The fourth-order valence-corrected chi connectivity index (χ4v) is 9.82. The Morgan fingerprint density at radius 1 is 0.750 bits per heavy atom. The molecule has 0 aliphatic carbocycles. The third kappa shape index (κ3) is 7.96. The largest absolute Gasteiger partial charge is 0.458 e. The van der Waals surface area contributed by atoms with Crippen LogP contribution in [0.4, 0.5) is 0 Å². The first kappa shape index (κ1) is 35.8. The van der Waals surface area contributed by atoms with Crippen molar-refractivity contribution < 1.29 is 23.4 Å². The van der Waals surface area contributed by atoms with Gasteiger partial charge in [0.25, 0.3) is 5.79 Å². The standard InChI is InChI=1S/C40H52O5S2Si/c1-30-36(37(31-18-10-7-11-19-31)45-48(5,6)38(2,3)4)44-40(27-17-21-33(43-40)29-47-35-24-14-9-15-25-35)39(41-30)26-16-20-32(42-39)28-46-34-22-12-8-13-23-34/h7-15,18-19,22-25,32-33,36-37H,1,16-17,20-21,26-29H2,2-6H3/t32-,33-,36-,37+,39+,40-/m1/s1. The summed E-state index contributed by atoms with van der Waals surface area (Å²) in [6.07, 6.45) is 4.22. The van der Waals surface area contributed by atoms with Gasteiger partial charge in [0, 0.05) is 34.1 Å². The van der Waals surface area contributed by atoms with E-state index in [2.05, 4.69) is 125 Å². The fourth-order valence-electron chi connectivity index (χ4n) is 6.65. The molecule has 2 spiro atoms. The van der Waals surface area contributed by atoms with Crippen LogP contribution in [0, 0.1) is 0 Å². The normalized spacial score (nSPS) is 28.7. The van der Waals surface area contributed by atoms with Crippen molar-refractivity contribution in [2.45, 2.75) is 123 Å². The molecule has 0 saturated carbocycles. The molecule has 0 N–H and O–H groups in total. The maximum absolute atomic E-state index is 7.40. The highest BCUT2D eigenvalue weighted by atomic mass is 32.2. The second-order valence-corrected chi connectivity index (χ2v) is 21.8. The van der Waals surface area contributed by atoms with E-state index in [0.717, 1.165) is 42.8 Å². The first-order chi connectivity index (χ1) is 23.0. The van der Waals surface area contributed by atoms with Crippen LogP contribution in [0.5, 0.6) is 0 Å². The quantitative estimate of drug-likeness (QED) is 0.154. The Morgan fingerprint density at radius 2 is 1.23 bits per heavy atom. The monoisotopic (exact) mass is 704 g/mol. The van der Waals surface area contributed by atoms with Gasteiger partial charge in [0.2, 0.25) is 5.79 Å². The van der Waals surface area contributed by atoms with E-state index in [1.165, 1.54) is 9.79 Å². The lowest BCUT2D eigenvalue weighted by Crippen LogP contribution is -2.70. The van der Waals surface area contributed by atoms with Crippen molar-refractivity contribution in [1.29, 1.82) is 0 Å². The summed E-state index contributed by atoms with van der Waals surface area (Å²) in [4.78, 5) is 2.47. The van der Waals surface area contributed by atoms with E-state index in [9.17, 15) is 0 Å². The number of hydrogen-bond acceptors (Lipinski definition) is 7. The van der Waals surface area contributed by atoms with E-state index in [4.69, 9.17) is 23.4 Å². The Balaban J connectivity index is 1.32. The third-order valence-electron chi connectivity index (χ3n) is 10.3. The van der Waals surface area contributed by atoms with Gasteiger partial charge >= 0.3 is 0 Å². The molecule has 48 heavy (non-hydrogen) atoms. The van der Waals surface area contributed by atoms with Gasteiger partial charge in [-0.3, -0.25) is 0 Å². The predicted molar refractivity (Wildman–Crippen MR) is 200 cm³/mol. The molecule has 3 aliphatic rings. The molecular weight excluding hydrogens is 653 g/mol. The Morgan fingerprint density at radius 3 is 1.75 bits per heavy atom. The second kappa shape index (κ2) is 15.1. The molecule has 0 amide bonds. The van der Waals surface area contributed by atoms with Crippen LogP contribution in [0.15, 0.2) is 113 Å². The Bertz CT molecular complexity index is 1480. The van der Waals surface area contributed by atoms with Crippen LogP contribution in [0.2, 0.25) is 18.1 Å². The zero-order chi connectivity index (χ0) is 33.8. The highest BCUT2D eigenvalue weighted by Crippen LogP contribution is 2.55. The fraction of sp³-hybridized carbons (Fsp3) is 0.500. The summed E-state index contributed by atoms with van der Waals surface area (Å²) in [5, 5.41) is 0.00696. The average Bonchev–Trinajstić information content (AvgIpc) is 3.08. The number of rotatable bonds is 10. The molecule has 6 atom stereocenters. The highest BCUT2D eigenvalue weighted by molar-refractivity contribution is 7.99. The SMILES string of the molecule is C=C1O[C@]2(CCC[C@H](CSc3ccccc3)O2)[C@@]2(CCC[C@H](CSc3ccccc3)O2)O[C@H]1[C@@H](O[Si](C)(C)C(C)(C)C)c1ccccc1. The molecule has 3 fully saturated rings. The van der Waals surface area contributed by atoms with Crippen molar-refractivity contribution >= 4 is 31.8 Å². The zero-order valence-corrected chi connectivity index (χ0v) is 31.8. The molecule has 3 aromatic carbocycles. The molecule has 0 radical (unpaired) electrons. The molecule has 0 unspecified atom stereocenters. The van der Waals surface area contributed by atoms with E-state index in [-0.39, 0.29) is 17.2 Å². The van der Waals surface area contributed by atoms with Crippen LogP contribution in [0.1, 0.15) is 71.0 Å². The van der Waals surface area contributed by atoms with Crippen LogP contribution in [-0.4, -0.2) is 49.7 Å². The van der Waals surface area contributed by atoms with Crippen molar-refractivity contribution in [2.24, 2.45) is 0 Å². The first-order valence-electron chi connectivity index (χ1n) is 17.5. The van der Waals surface area contributed by atoms with Crippen molar-refractivity contribution in [1.82, 2.24) is 0 Å². The first-order valence-corrected chi connectivity index (χ1v) is 22.4. The maximum atomic E-state index is 7.40. The summed E-state index contributed by atoms with van der Waals surface area (Å²) in [6, 6.07) is 31.5. The average molecular weight is 705 g/mol. The van der Waals surface area contributed by atoms with Gasteiger partial charge in [-0.15, -0.1) is 23.5 Å². The lowest BCUT2D eigenvalue weighted by atomic mass is 9.86. The van der Waals surface area contributed by atoms with Gasteiger partial charge in [-0.1, -0.05) is 94.1 Å². The van der Waals surface area contributed by atoms with E-state index < -0.39 is 32.1 Å². The molecule has 3 saturated heterocycles. The summed E-state index contributed by atoms with van der Waals surface area (Å²) in [5.74, 6) is 0.0184. The number of benzene rings is 3. The van der Waals surface area contributed by atoms with Gasteiger partial charge in [0.1, 0.15) is 18.0 Å². The van der Waals surface area contributed by atoms with Crippen LogP contribution < -0.4 is 0 Å². The molecule has 5 nitrogen and oxygen atoms in total. The van der Waals surface area contributed by atoms with Gasteiger partial charge in [-0.2, -0.15) is 0 Å². The Labute approximate surface area is 297 Å². The topological polar surface area (TPSA) is 46.2 Å². The van der Waals surface area contributed by atoms with E-state index in [0.29, 0.717) is 18.6 Å². The summed E-state index contributed by atoms with van der Waals surface area (Å²) >= 11 is 3.65. The zero-order valence-electron chi connectivity index (χ0n) is 29.2. The van der Waals surface area contributed by atoms with Gasteiger partial charge in [-0.25, -0.2) is 0 Å². The number of thioether (sulfide) groups is 2. The van der Waals surface area contributed by atoms with Crippen LogP contribution in [0.25, 0.3) is 0 Å². The second-order valence-electron chi connectivity index (χ2n) is 14.8. The van der Waals surface area contributed by atoms with Crippen molar-refractivity contribution in [2.75, 3.05) is 11.5 Å². The van der Waals surface area contributed by atoms with Crippen molar-refractivity contribution in [3.63, 3.8) is 0 Å². The van der Waals surface area contributed by atoms with Gasteiger partial charge in [0.15, 0.2) is 8.32 Å². The lowest BCUT2D eigenvalue weighted by Gasteiger charge is -2.59. The molecular formula is C40H52O5S2Si. The minimum atomic E-state index is -2.25. The summed E-state index contributed by atoms with van der Waals surface area (Å²) in [7, 11) is -2.25. The molecule has 8 heteroatoms. The summed E-state index contributed by atoms with van der Waals surface area (Å²) in [6.45, 7) is 15.9. The number of hydrogen-bond donors (Lipinski definition) is 0. The highest BCUT2D eigenvalue weighted by Gasteiger charge is 2.66.